The van der Waals surface area contributed by atoms with Gasteiger partial charge in [0.05, 0.1) is 0 Å². The van der Waals surface area contributed by atoms with Crippen LogP contribution in [0.1, 0.15) is 28.8 Å². The summed E-state index contributed by atoms with van der Waals surface area (Å²) in [6, 6.07) is 15.5. The number of amides is 1. The van der Waals surface area contributed by atoms with Crippen molar-refractivity contribution in [2.24, 2.45) is 5.41 Å². The summed E-state index contributed by atoms with van der Waals surface area (Å²) in [6.07, 6.45) is 3.20. The summed E-state index contributed by atoms with van der Waals surface area (Å²) in [6.45, 7) is 5.15. The number of nitrogen functional groups attached to an aromatic ring is 1. The minimum Gasteiger partial charge on any atom is -0.383 e. The van der Waals surface area contributed by atoms with Crippen molar-refractivity contribution in [3.05, 3.63) is 65.6 Å². The van der Waals surface area contributed by atoms with E-state index in [0.29, 0.717) is 28.7 Å². The minimum absolute atomic E-state index is 0.0623. The highest BCUT2D eigenvalue weighted by molar-refractivity contribution is 5.97. The largest absolute Gasteiger partial charge is 0.383 e. The van der Waals surface area contributed by atoms with Crippen LogP contribution in [0.15, 0.2) is 48.5 Å². The number of pyridine rings is 1. The third-order valence-corrected chi connectivity index (χ3v) is 7.92. The second-order valence-electron chi connectivity index (χ2n) is 10.3. The van der Waals surface area contributed by atoms with E-state index < -0.39 is 5.95 Å². The first-order chi connectivity index (χ1) is 16.9. The van der Waals surface area contributed by atoms with E-state index in [1.165, 1.54) is 31.6 Å². The molecular formula is C28H30FN5O. The normalized spacial score (nSPS) is 19.3. The topological polar surface area (TPSA) is 74.5 Å². The van der Waals surface area contributed by atoms with Gasteiger partial charge in [0.15, 0.2) is 0 Å². The molecule has 7 heteroatoms. The molecular weight excluding hydrogens is 441 g/mol. The lowest BCUT2D eigenvalue weighted by Crippen LogP contribution is -2.58. The maximum atomic E-state index is 14.9. The van der Waals surface area contributed by atoms with Crippen molar-refractivity contribution in [2.45, 2.75) is 19.3 Å². The number of rotatable bonds is 3. The summed E-state index contributed by atoms with van der Waals surface area (Å²) in [5, 5.41) is 2.86. The van der Waals surface area contributed by atoms with E-state index in [4.69, 9.17) is 5.73 Å². The number of carbonyl (C=O) groups excluding carboxylic acids is 1. The van der Waals surface area contributed by atoms with Gasteiger partial charge in [-0.3, -0.25) is 4.79 Å². The van der Waals surface area contributed by atoms with Gasteiger partial charge in [0.2, 0.25) is 5.95 Å². The summed E-state index contributed by atoms with van der Waals surface area (Å²) in [7, 11) is 2.19. The molecule has 2 fully saturated rings. The van der Waals surface area contributed by atoms with Gasteiger partial charge in [-0.2, -0.15) is 4.39 Å². The van der Waals surface area contributed by atoms with Gasteiger partial charge in [-0.15, -0.1) is 0 Å². The molecule has 0 atom stereocenters. The maximum absolute atomic E-state index is 14.9. The fourth-order valence-corrected chi connectivity index (χ4v) is 6.04. The Morgan fingerprint density at radius 1 is 0.971 bits per heavy atom. The smallest absolute Gasteiger partial charge is 0.251 e. The second-order valence-corrected chi connectivity index (χ2v) is 10.3. The van der Waals surface area contributed by atoms with E-state index in [1.54, 1.807) is 12.1 Å². The fourth-order valence-electron chi connectivity index (χ4n) is 6.04. The van der Waals surface area contributed by atoms with Crippen LogP contribution in [0.5, 0.6) is 0 Å². The van der Waals surface area contributed by atoms with Crippen LogP contribution in [0, 0.1) is 11.4 Å². The molecule has 6 nitrogen and oxygen atoms in total. The number of hydrogen-bond donors (Lipinski definition) is 2. The first-order valence-corrected chi connectivity index (χ1v) is 12.3. The molecule has 0 bridgehead atoms. The molecule has 3 aromatic rings. The molecule has 1 spiro atoms. The van der Waals surface area contributed by atoms with Crippen molar-refractivity contribution >= 4 is 17.4 Å². The van der Waals surface area contributed by atoms with E-state index in [1.807, 2.05) is 24.3 Å². The zero-order valence-electron chi connectivity index (χ0n) is 20.0. The van der Waals surface area contributed by atoms with Crippen LogP contribution in [-0.4, -0.2) is 55.6 Å². The number of nitrogens with zero attached hydrogens (tertiary/aromatic N) is 3. The minimum atomic E-state index is -0.578. The molecule has 1 amide bonds. The van der Waals surface area contributed by atoms with Gasteiger partial charge in [0.1, 0.15) is 5.82 Å². The van der Waals surface area contributed by atoms with Gasteiger partial charge in [-0.25, -0.2) is 4.98 Å². The predicted octanol–water partition coefficient (Wildman–Crippen LogP) is 3.95. The van der Waals surface area contributed by atoms with Crippen LogP contribution in [0.4, 0.5) is 15.9 Å². The van der Waals surface area contributed by atoms with Gasteiger partial charge in [0.25, 0.3) is 5.91 Å². The molecule has 3 N–H and O–H groups in total. The van der Waals surface area contributed by atoms with E-state index in [9.17, 15) is 9.18 Å². The van der Waals surface area contributed by atoms with Gasteiger partial charge < -0.3 is 20.9 Å². The van der Waals surface area contributed by atoms with Gasteiger partial charge >= 0.3 is 0 Å². The van der Waals surface area contributed by atoms with Crippen molar-refractivity contribution < 1.29 is 9.18 Å². The third-order valence-electron chi connectivity index (χ3n) is 7.92. The highest BCUT2D eigenvalue weighted by atomic mass is 19.1. The molecule has 0 saturated carbocycles. The summed E-state index contributed by atoms with van der Waals surface area (Å²) < 4.78 is 14.9. The summed E-state index contributed by atoms with van der Waals surface area (Å²) in [4.78, 5) is 20.9. The first kappa shape index (κ1) is 22.0. The highest BCUT2D eigenvalue weighted by Gasteiger charge is 2.43. The Hall–Kier alpha value is -3.45. The number of benzene rings is 2. The number of nitrogens with two attached hydrogens (primary N) is 1. The Morgan fingerprint density at radius 3 is 2.40 bits per heavy atom. The lowest BCUT2D eigenvalue weighted by molar-refractivity contribution is 0.00132. The van der Waals surface area contributed by atoms with E-state index in [2.05, 4.69) is 39.3 Å². The summed E-state index contributed by atoms with van der Waals surface area (Å²) >= 11 is 0. The molecule has 0 radical (unpaired) electrons. The molecule has 2 saturated heterocycles. The van der Waals surface area contributed by atoms with Crippen molar-refractivity contribution in [3.63, 3.8) is 0 Å². The molecule has 1 aromatic heterocycles. The number of nitrogens with one attached hydrogen (secondary N) is 1. The van der Waals surface area contributed by atoms with Crippen LogP contribution in [0.2, 0.25) is 0 Å². The number of likely N-dealkylation sites (tertiary alicyclic amines) is 1. The Labute approximate surface area is 204 Å². The van der Waals surface area contributed by atoms with Crippen LogP contribution in [0.25, 0.3) is 22.3 Å². The third kappa shape index (κ3) is 3.93. The zero-order chi connectivity index (χ0) is 24.2. The number of hydrogen-bond acceptors (Lipinski definition) is 5. The maximum Gasteiger partial charge on any atom is 0.251 e. The number of carbonyl (C=O) groups is 1. The van der Waals surface area contributed by atoms with Crippen molar-refractivity contribution in [3.8, 4) is 22.3 Å². The monoisotopic (exact) mass is 471 g/mol. The number of aromatic nitrogens is 1. The average molecular weight is 472 g/mol. The quantitative estimate of drug-likeness (QED) is 0.566. The standard InChI is InChI=1S/C28H30FN5O/c1-33-16-28(17-33)9-12-34(13-10-28)21-5-2-18(3-6-21)23-15-24(26(30)32-25(23)29)19-4-7-22-20(14-19)8-11-31-27(22)35/h2-7,14-15H,8-13,16-17H2,1H3,(H2,30,32)(H,31,35). The molecule has 3 aliphatic rings. The second kappa shape index (κ2) is 8.34. The Bertz CT molecular complexity index is 1290. The van der Waals surface area contributed by atoms with Gasteiger partial charge in [-0.1, -0.05) is 24.3 Å². The van der Waals surface area contributed by atoms with E-state index in [-0.39, 0.29) is 11.7 Å². The lowest BCUT2D eigenvalue weighted by atomic mass is 9.72. The van der Waals surface area contributed by atoms with Crippen LogP contribution >= 0.6 is 0 Å². The van der Waals surface area contributed by atoms with Crippen LogP contribution < -0.4 is 16.0 Å². The molecule has 0 unspecified atom stereocenters. The Kier molecular flexibility index (Phi) is 5.25. The average Bonchev–Trinajstić information content (AvgIpc) is 2.84. The first-order valence-electron chi connectivity index (χ1n) is 12.3. The molecule has 180 valence electrons. The number of fused-ring (bicyclic) bond motifs is 1. The summed E-state index contributed by atoms with van der Waals surface area (Å²) in [5.41, 5.74) is 12.2. The predicted molar refractivity (Wildman–Crippen MR) is 137 cm³/mol. The highest BCUT2D eigenvalue weighted by Crippen LogP contribution is 2.41. The van der Waals surface area contributed by atoms with Crippen molar-refractivity contribution in [1.82, 2.24) is 15.2 Å². The Morgan fingerprint density at radius 2 is 1.69 bits per heavy atom. The van der Waals surface area contributed by atoms with Gasteiger partial charge in [-0.05, 0) is 72.7 Å². The molecule has 0 aliphatic carbocycles. The van der Waals surface area contributed by atoms with Crippen molar-refractivity contribution in [2.75, 3.05) is 50.4 Å². The van der Waals surface area contributed by atoms with E-state index >= 15 is 0 Å². The number of halogens is 1. The van der Waals surface area contributed by atoms with Crippen LogP contribution in [-0.2, 0) is 6.42 Å². The molecule has 35 heavy (non-hydrogen) atoms. The van der Waals surface area contributed by atoms with Crippen molar-refractivity contribution in [1.29, 1.82) is 0 Å². The van der Waals surface area contributed by atoms with E-state index in [0.717, 1.165) is 36.2 Å². The Balaban J connectivity index is 1.25. The molecule has 3 aliphatic heterocycles. The fraction of sp³-hybridized carbons (Fsp3) is 0.357. The molecule has 6 rings (SSSR count). The number of anilines is 2. The zero-order valence-corrected chi connectivity index (χ0v) is 20.0. The van der Waals surface area contributed by atoms with Crippen LogP contribution in [0.3, 0.4) is 0 Å². The van der Waals surface area contributed by atoms with Gasteiger partial charge in [0, 0.05) is 55.1 Å². The number of piperidine rings is 1. The molecule has 4 heterocycles. The lowest BCUT2D eigenvalue weighted by Gasteiger charge is -2.53. The SMILES string of the molecule is CN1CC2(CCN(c3ccc(-c4cc(-c5ccc6c(c5)CCNC6=O)c(N)nc4F)cc3)CC2)C1. The summed E-state index contributed by atoms with van der Waals surface area (Å²) in [5.74, 6) is -0.495. The molecule has 2 aromatic carbocycles.